The lowest BCUT2D eigenvalue weighted by atomic mass is 9.49. The van der Waals surface area contributed by atoms with Crippen LogP contribution in [0.2, 0.25) is 0 Å². The molecule has 0 aromatic carbocycles. The van der Waals surface area contributed by atoms with Crippen LogP contribution < -0.4 is 5.32 Å². The molecule has 1 N–H and O–H groups in total. The van der Waals surface area contributed by atoms with E-state index in [1.165, 1.54) is 43.4 Å². The van der Waals surface area contributed by atoms with Crippen molar-refractivity contribution >= 4 is 17.2 Å². The number of carbonyl (C=O) groups excluding carboxylic acids is 1. The Hall–Kier alpha value is -0.870. The van der Waals surface area contributed by atoms with Gasteiger partial charge < -0.3 is 5.32 Å². The summed E-state index contributed by atoms with van der Waals surface area (Å²) in [7, 11) is 0. The predicted octanol–water partition coefficient (Wildman–Crippen LogP) is 3.90. The van der Waals surface area contributed by atoms with Gasteiger partial charge in [0.2, 0.25) is 5.91 Å². The fourth-order valence-corrected chi connectivity index (χ4v) is 6.70. The minimum absolute atomic E-state index is 0.212. The van der Waals surface area contributed by atoms with E-state index in [-0.39, 0.29) is 5.91 Å². The van der Waals surface area contributed by atoms with Crippen LogP contribution in [0.4, 0.5) is 0 Å². The van der Waals surface area contributed by atoms with Gasteiger partial charge in [0.1, 0.15) is 0 Å². The molecule has 0 radical (unpaired) electrons. The molecule has 4 saturated carbocycles. The average molecular weight is 347 g/mol. The first-order valence-electron chi connectivity index (χ1n) is 9.65. The Morgan fingerprint density at radius 1 is 1.25 bits per heavy atom. The zero-order chi connectivity index (χ0) is 16.6. The molecule has 0 aliphatic heterocycles. The molecule has 4 aliphatic rings. The zero-order valence-electron chi connectivity index (χ0n) is 14.8. The smallest absolute Gasteiger partial charge is 0.234 e. The van der Waals surface area contributed by atoms with E-state index >= 15 is 0 Å². The number of nitrogens with one attached hydrogen (secondary N) is 1. The minimum Gasteiger partial charge on any atom is -0.354 e. The summed E-state index contributed by atoms with van der Waals surface area (Å²) in [5.74, 6) is 3.08. The van der Waals surface area contributed by atoms with E-state index in [1.807, 2.05) is 0 Å². The highest BCUT2D eigenvalue weighted by Crippen LogP contribution is 2.59. The van der Waals surface area contributed by atoms with E-state index in [0.29, 0.717) is 12.0 Å². The number of hydrogen-bond donors (Lipinski definition) is 1. The summed E-state index contributed by atoms with van der Waals surface area (Å²) in [5, 5.41) is 5.41. The molecule has 4 heteroatoms. The van der Waals surface area contributed by atoms with E-state index in [2.05, 4.69) is 34.7 Å². The summed E-state index contributed by atoms with van der Waals surface area (Å²) in [6.45, 7) is 5.40. The Kier molecular flexibility index (Phi) is 4.70. The van der Waals surface area contributed by atoms with E-state index in [9.17, 15) is 4.79 Å². The monoisotopic (exact) mass is 346 g/mol. The SMILES string of the molecule is CCN(CC(=O)NCC12CC3CC(CC(C3)C1)C2)Cc1cccs1. The van der Waals surface area contributed by atoms with Crippen molar-refractivity contribution in [2.75, 3.05) is 19.6 Å². The molecule has 4 aliphatic carbocycles. The molecule has 0 unspecified atom stereocenters. The molecule has 1 amide bonds. The molecule has 4 fully saturated rings. The second kappa shape index (κ2) is 6.80. The van der Waals surface area contributed by atoms with Gasteiger partial charge in [0.05, 0.1) is 6.54 Å². The molecule has 132 valence electrons. The minimum atomic E-state index is 0.212. The van der Waals surface area contributed by atoms with Gasteiger partial charge in [-0.15, -0.1) is 11.3 Å². The first kappa shape index (κ1) is 16.6. The van der Waals surface area contributed by atoms with Gasteiger partial charge in [-0.1, -0.05) is 13.0 Å². The lowest BCUT2D eigenvalue weighted by molar-refractivity contribution is -0.124. The molecular weight excluding hydrogens is 316 g/mol. The lowest BCUT2D eigenvalue weighted by Gasteiger charge is -2.56. The van der Waals surface area contributed by atoms with Crippen LogP contribution in [0.1, 0.15) is 50.3 Å². The Bertz CT molecular complexity index is 533. The molecule has 3 nitrogen and oxygen atoms in total. The number of carbonyl (C=O) groups is 1. The number of nitrogens with zero attached hydrogens (tertiary/aromatic N) is 1. The molecule has 5 rings (SSSR count). The first-order valence-corrected chi connectivity index (χ1v) is 10.5. The van der Waals surface area contributed by atoms with Crippen LogP contribution in [0.15, 0.2) is 17.5 Å². The number of hydrogen-bond acceptors (Lipinski definition) is 3. The van der Waals surface area contributed by atoms with E-state index < -0.39 is 0 Å². The maximum Gasteiger partial charge on any atom is 0.234 e. The summed E-state index contributed by atoms with van der Waals surface area (Å²) >= 11 is 1.77. The maximum absolute atomic E-state index is 12.5. The molecule has 4 bridgehead atoms. The van der Waals surface area contributed by atoms with E-state index in [1.54, 1.807) is 11.3 Å². The fraction of sp³-hybridized carbons (Fsp3) is 0.750. The lowest BCUT2D eigenvalue weighted by Crippen LogP contribution is -2.52. The third kappa shape index (κ3) is 3.55. The second-order valence-electron chi connectivity index (χ2n) is 8.58. The topological polar surface area (TPSA) is 32.3 Å². The van der Waals surface area contributed by atoms with Crippen LogP contribution in [-0.2, 0) is 11.3 Å². The number of amides is 1. The quantitative estimate of drug-likeness (QED) is 0.812. The summed E-state index contributed by atoms with van der Waals surface area (Å²) in [6, 6.07) is 4.24. The second-order valence-corrected chi connectivity index (χ2v) is 9.61. The summed E-state index contributed by atoms with van der Waals surface area (Å²) in [5.41, 5.74) is 0.440. The molecule has 0 saturated heterocycles. The van der Waals surface area contributed by atoms with Crippen molar-refractivity contribution in [2.24, 2.45) is 23.2 Å². The van der Waals surface area contributed by atoms with Gasteiger partial charge in [0.15, 0.2) is 0 Å². The Balaban J connectivity index is 1.28. The largest absolute Gasteiger partial charge is 0.354 e. The van der Waals surface area contributed by atoms with Gasteiger partial charge in [-0.25, -0.2) is 0 Å². The van der Waals surface area contributed by atoms with Crippen molar-refractivity contribution in [1.82, 2.24) is 10.2 Å². The fourth-order valence-electron chi connectivity index (χ4n) is 5.95. The number of likely N-dealkylation sites (N-methyl/N-ethyl adjacent to an activating group) is 1. The van der Waals surface area contributed by atoms with Crippen molar-refractivity contribution in [3.8, 4) is 0 Å². The molecule has 24 heavy (non-hydrogen) atoms. The highest BCUT2D eigenvalue weighted by molar-refractivity contribution is 7.09. The van der Waals surface area contributed by atoms with Gasteiger partial charge in [0.25, 0.3) is 0 Å². The van der Waals surface area contributed by atoms with Gasteiger partial charge >= 0.3 is 0 Å². The Labute approximate surface area is 149 Å². The third-order valence-electron chi connectivity index (χ3n) is 6.60. The molecular formula is C20H30N2OS. The molecule has 1 heterocycles. The van der Waals surface area contributed by atoms with Crippen LogP contribution in [0.5, 0.6) is 0 Å². The van der Waals surface area contributed by atoms with Gasteiger partial charge in [0, 0.05) is 18.0 Å². The van der Waals surface area contributed by atoms with Crippen molar-refractivity contribution in [2.45, 2.75) is 52.0 Å². The Morgan fingerprint density at radius 3 is 2.46 bits per heavy atom. The van der Waals surface area contributed by atoms with Crippen LogP contribution >= 0.6 is 11.3 Å². The highest BCUT2D eigenvalue weighted by Gasteiger charge is 2.50. The van der Waals surface area contributed by atoms with Gasteiger partial charge in [-0.3, -0.25) is 9.69 Å². The number of thiophene rings is 1. The summed E-state index contributed by atoms with van der Waals surface area (Å²) in [4.78, 5) is 16.1. The molecule has 1 aromatic heterocycles. The van der Waals surface area contributed by atoms with Gasteiger partial charge in [-0.2, -0.15) is 0 Å². The van der Waals surface area contributed by atoms with Crippen molar-refractivity contribution < 1.29 is 4.79 Å². The first-order chi connectivity index (χ1) is 11.6. The molecule has 1 aromatic rings. The predicted molar refractivity (Wildman–Crippen MR) is 98.9 cm³/mol. The summed E-state index contributed by atoms with van der Waals surface area (Å²) in [6.07, 6.45) is 8.51. The highest BCUT2D eigenvalue weighted by atomic mass is 32.1. The normalized spacial score (nSPS) is 34.0. The molecule has 0 spiro atoms. The summed E-state index contributed by atoms with van der Waals surface area (Å²) < 4.78 is 0. The van der Waals surface area contributed by atoms with Crippen LogP contribution in [0.3, 0.4) is 0 Å². The van der Waals surface area contributed by atoms with E-state index in [4.69, 9.17) is 0 Å². The van der Waals surface area contributed by atoms with Crippen molar-refractivity contribution in [1.29, 1.82) is 0 Å². The van der Waals surface area contributed by atoms with Crippen LogP contribution in [0.25, 0.3) is 0 Å². The average Bonchev–Trinajstić information content (AvgIpc) is 3.04. The van der Waals surface area contributed by atoms with Crippen LogP contribution in [-0.4, -0.2) is 30.4 Å². The maximum atomic E-state index is 12.5. The standard InChI is InChI=1S/C20H30N2OS/c1-2-22(12-18-4-3-5-24-18)13-19(23)21-14-20-9-15-6-16(10-20)8-17(7-15)11-20/h3-5,15-17H,2,6-14H2,1H3,(H,21,23). The molecule has 0 atom stereocenters. The zero-order valence-corrected chi connectivity index (χ0v) is 15.6. The van der Waals surface area contributed by atoms with Crippen molar-refractivity contribution in [3.63, 3.8) is 0 Å². The van der Waals surface area contributed by atoms with E-state index in [0.717, 1.165) is 37.4 Å². The van der Waals surface area contributed by atoms with Crippen molar-refractivity contribution in [3.05, 3.63) is 22.4 Å². The third-order valence-corrected chi connectivity index (χ3v) is 7.46. The Morgan fingerprint density at radius 2 is 1.92 bits per heavy atom. The van der Waals surface area contributed by atoms with Crippen LogP contribution in [0, 0.1) is 23.2 Å². The van der Waals surface area contributed by atoms with Gasteiger partial charge in [-0.05, 0) is 79.7 Å². The number of rotatable bonds is 7.